The average Bonchev–Trinajstić information content (AvgIpc) is 2.79. The number of hydrogen-bond donors (Lipinski definition) is 0. The maximum absolute atomic E-state index is 11.8. The van der Waals surface area contributed by atoms with E-state index in [0.717, 1.165) is 10.7 Å². The standard InChI is InChI=1S/C10H11N3OS/c1-7-11-12-10(13(7)2)9(14)6-8-4-3-5-15-8/h3-5H,6H2,1-2H3. The van der Waals surface area contributed by atoms with Gasteiger partial charge in [0, 0.05) is 18.3 Å². The highest BCUT2D eigenvalue weighted by molar-refractivity contribution is 7.10. The second-order valence-corrected chi connectivity index (χ2v) is 4.34. The van der Waals surface area contributed by atoms with Crippen molar-refractivity contribution < 1.29 is 4.79 Å². The fraction of sp³-hybridized carbons (Fsp3) is 0.300. The van der Waals surface area contributed by atoms with Gasteiger partial charge in [0.2, 0.25) is 5.78 Å². The van der Waals surface area contributed by atoms with Crippen LogP contribution in [0.1, 0.15) is 21.3 Å². The molecular formula is C10H11N3OS. The lowest BCUT2D eigenvalue weighted by atomic mass is 10.2. The Morgan fingerprint density at radius 2 is 2.33 bits per heavy atom. The van der Waals surface area contributed by atoms with Crippen molar-refractivity contribution in [2.24, 2.45) is 7.05 Å². The number of nitrogens with zero attached hydrogens (tertiary/aromatic N) is 3. The molecule has 0 unspecified atom stereocenters. The topological polar surface area (TPSA) is 47.8 Å². The van der Waals surface area contributed by atoms with Gasteiger partial charge in [0.15, 0.2) is 5.82 Å². The highest BCUT2D eigenvalue weighted by atomic mass is 32.1. The molecule has 0 aliphatic heterocycles. The second kappa shape index (κ2) is 3.94. The van der Waals surface area contributed by atoms with Gasteiger partial charge >= 0.3 is 0 Å². The van der Waals surface area contributed by atoms with Crippen LogP contribution in [0, 0.1) is 6.92 Å². The molecule has 0 spiro atoms. The van der Waals surface area contributed by atoms with Gasteiger partial charge in [0.1, 0.15) is 5.82 Å². The van der Waals surface area contributed by atoms with Crippen LogP contribution < -0.4 is 0 Å². The number of Topliss-reactive ketones (excluding diaryl/α,β-unsaturated/α-hetero) is 1. The van der Waals surface area contributed by atoms with Gasteiger partial charge < -0.3 is 4.57 Å². The molecular weight excluding hydrogens is 210 g/mol. The summed E-state index contributed by atoms with van der Waals surface area (Å²) in [4.78, 5) is 12.9. The maximum atomic E-state index is 11.8. The SMILES string of the molecule is Cc1nnc(C(=O)Cc2cccs2)n1C. The van der Waals surface area contributed by atoms with E-state index >= 15 is 0 Å². The first-order valence-corrected chi connectivity index (χ1v) is 5.48. The molecule has 2 aromatic heterocycles. The predicted molar refractivity (Wildman–Crippen MR) is 58.1 cm³/mol. The first-order valence-electron chi connectivity index (χ1n) is 4.60. The van der Waals surface area contributed by atoms with E-state index < -0.39 is 0 Å². The Labute approximate surface area is 91.6 Å². The van der Waals surface area contributed by atoms with E-state index in [-0.39, 0.29) is 5.78 Å². The van der Waals surface area contributed by atoms with Crippen molar-refractivity contribution in [3.05, 3.63) is 34.0 Å². The number of rotatable bonds is 3. The van der Waals surface area contributed by atoms with Gasteiger partial charge in [-0.25, -0.2) is 0 Å². The van der Waals surface area contributed by atoms with Crippen molar-refractivity contribution >= 4 is 17.1 Å². The third-order valence-electron chi connectivity index (χ3n) is 2.26. The highest BCUT2D eigenvalue weighted by Gasteiger charge is 2.14. The summed E-state index contributed by atoms with van der Waals surface area (Å²) in [5, 5.41) is 9.69. The van der Waals surface area contributed by atoms with Crippen LogP contribution >= 0.6 is 11.3 Å². The lowest BCUT2D eigenvalue weighted by Crippen LogP contribution is -2.10. The van der Waals surface area contributed by atoms with E-state index in [9.17, 15) is 4.79 Å². The Balaban J connectivity index is 2.19. The molecule has 0 N–H and O–H groups in total. The minimum atomic E-state index is 0.0144. The molecule has 0 radical (unpaired) electrons. The number of thiophene rings is 1. The monoisotopic (exact) mass is 221 g/mol. The number of carbonyl (C=O) groups is 1. The van der Waals surface area contributed by atoms with Gasteiger partial charge in [-0.2, -0.15) is 0 Å². The van der Waals surface area contributed by atoms with Gasteiger partial charge in [-0.15, -0.1) is 21.5 Å². The number of hydrogen-bond acceptors (Lipinski definition) is 4. The van der Waals surface area contributed by atoms with E-state index in [1.165, 1.54) is 0 Å². The van der Waals surface area contributed by atoms with Crippen molar-refractivity contribution in [1.29, 1.82) is 0 Å². The Bertz CT molecular complexity index is 473. The Morgan fingerprint density at radius 3 is 2.87 bits per heavy atom. The number of aryl methyl sites for hydroxylation is 1. The zero-order valence-electron chi connectivity index (χ0n) is 8.60. The van der Waals surface area contributed by atoms with Crippen molar-refractivity contribution in [2.45, 2.75) is 13.3 Å². The van der Waals surface area contributed by atoms with Crippen LogP contribution in [0.4, 0.5) is 0 Å². The highest BCUT2D eigenvalue weighted by Crippen LogP contribution is 2.11. The molecule has 0 bridgehead atoms. The molecule has 0 aliphatic rings. The third kappa shape index (κ3) is 1.97. The quantitative estimate of drug-likeness (QED) is 0.740. The van der Waals surface area contributed by atoms with Gasteiger partial charge in [-0.3, -0.25) is 4.79 Å². The molecule has 2 rings (SSSR count). The molecule has 4 nitrogen and oxygen atoms in total. The van der Waals surface area contributed by atoms with E-state index in [4.69, 9.17) is 0 Å². The summed E-state index contributed by atoms with van der Waals surface area (Å²) < 4.78 is 1.72. The minimum absolute atomic E-state index is 0.0144. The van der Waals surface area contributed by atoms with Gasteiger partial charge in [-0.05, 0) is 18.4 Å². The fourth-order valence-corrected chi connectivity index (χ4v) is 2.00. The molecule has 2 heterocycles. The van der Waals surface area contributed by atoms with E-state index in [0.29, 0.717) is 12.2 Å². The summed E-state index contributed by atoms with van der Waals surface area (Å²) >= 11 is 1.58. The average molecular weight is 221 g/mol. The molecule has 0 aliphatic carbocycles. The molecule has 78 valence electrons. The molecule has 0 aromatic carbocycles. The van der Waals surface area contributed by atoms with Crippen molar-refractivity contribution in [3.8, 4) is 0 Å². The lowest BCUT2D eigenvalue weighted by Gasteiger charge is -1.99. The number of ketones is 1. The lowest BCUT2D eigenvalue weighted by molar-refractivity contribution is 0.0980. The van der Waals surface area contributed by atoms with Crippen LogP contribution in [0.2, 0.25) is 0 Å². The number of aromatic nitrogens is 3. The first-order chi connectivity index (χ1) is 7.18. The van der Waals surface area contributed by atoms with Crippen LogP contribution in [0.5, 0.6) is 0 Å². The van der Waals surface area contributed by atoms with Crippen LogP contribution in [0.3, 0.4) is 0 Å². The van der Waals surface area contributed by atoms with Crippen LogP contribution in [0.15, 0.2) is 17.5 Å². The Morgan fingerprint density at radius 1 is 1.53 bits per heavy atom. The summed E-state index contributed by atoms with van der Waals surface area (Å²) in [6.45, 7) is 1.83. The zero-order valence-corrected chi connectivity index (χ0v) is 9.41. The fourth-order valence-electron chi connectivity index (χ4n) is 1.30. The third-order valence-corrected chi connectivity index (χ3v) is 3.13. The minimum Gasteiger partial charge on any atom is -0.312 e. The molecule has 5 heteroatoms. The van der Waals surface area contributed by atoms with E-state index in [1.54, 1.807) is 23.0 Å². The summed E-state index contributed by atoms with van der Waals surface area (Å²) in [6, 6.07) is 3.89. The second-order valence-electron chi connectivity index (χ2n) is 3.31. The van der Waals surface area contributed by atoms with Crippen molar-refractivity contribution in [2.75, 3.05) is 0 Å². The molecule has 2 aromatic rings. The largest absolute Gasteiger partial charge is 0.312 e. The molecule has 15 heavy (non-hydrogen) atoms. The molecule has 0 saturated carbocycles. The smallest absolute Gasteiger partial charge is 0.205 e. The summed E-state index contributed by atoms with van der Waals surface area (Å²) in [5.41, 5.74) is 0. The predicted octanol–water partition coefficient (Wildman–Crippen LogP) is 1.61. The van der Waals surface area contributed by atoms with E-state index in [2.05, 4.69) is 10.2 Å². The summed E-state index contributed by atoms with van der Waals surface area (Å²) in [7, 11) is 1.80. The van der Waals surface area contributed by atoms with E-state index in [1.807, 2.05) is 24.4 Å². The molecule has 0 saturated heterocycles. The van der Waals surface area contributed by atoms with Crippen LogP contribution in [0.25, 0.3) is 0 Å². The van der Waals surface area contributed by atoms with Gasteiger partial charge in [-0.1, -0.05) is 6.07 Å². The summed E-state index contributed by atoms with van der Waals surface area (Å²) in [5.74, 6) is 1.20. The van der Waals surface area contributed by atoms with Gasteiger partial charge in [0.05, 0.1) is 0 Å². The number of carbonyl (C=O) groups excluding carboxylic acids is 1. The normalized spacial score (nSPS) is 10.5. The Hall–Kier alpha value is -1.49. The van der Waals surface area contributed by atoms with Gasteiger partial charge in [0.25, 0.3) is 0 Å². The zero-order chi connectivity index (χ0) is 10.8. The van der Waals surface area contributed by atoms with Crippen molar-refractivity contribution in [1.82, 2.24) is 14.8 Å². The maximum Gasteiger partial charge on any atom is 0.205 e. The van der Waals surface area contributed by atoms with Crippen molar-refractivity contribution in [3.63, 3.8) is 0 Å². The van der Waals surface area contributed by atoms with Crippen LogP contribution in [-0.2, 0) is 13.5 Å². The Kier molecular flexibility index (Phi) is 2.64. The first kappa shape index (κ1) is 10.0. The summed E-state index contributed by atoms with van der Waals surface area (Å²) in [6.07, 6.45) is 0.406. The molecule has 0 fully saturated rings. The molecule has 0 amide bonds. The molecule has 0 atom stereocenters. The van der Waals surface area contributed by atoms with Crippen LogP contribution in [-0.4, -0.2) is 20.5 Å².